The molecule has 0 N–H and O–H groups in total. The maximum Gasteiger partial charge on any atom is 0.338 e. The van der Waals surface area contributed by atoms with E-state index in [0.717, 1.165) is 16.7 Å². The van der Waals surface area contributed by atoms with Gasteiger partial charge >= 0.3 is 5.97 Å². The van der Waals surface area contributed by atoms with Crippen LogP contribution in [0.4, 0.5) is 4.39 Å². The zero-order chi connectivity index (χ0) is 26.9. The number of esters is 1. The molecule has 0 heterocycles. The van der Waals surface area contributed by atoms with E-state index in [1.165, 1.54) is 12.1 Å². The SMILES string of the molecule is O=C(OCc1ccccc1)c1cc(OCc2ccccc2)c(-c2ccc(F)cc2)c(OCc2ccccc2)c1. The molecule has 5 aromatic rings. The predicted molar refractivity (Wildman–Crippen MR) is 149 cm³/mol. The van der Waals surface area contributed by atoms with E-state index in [0.29, 0.717) is 28.2 Å². The molecule has 0 bridgehead atoms. The Hall–Kier alpha value is -4.90. The molecular weight excluding hydrogens is 491 g/mol. The van der Waals surface area contributed by atoms with Gasteiger partial charge in [0.15, 0.2) is 0 Å². The highest BCUT2D eigenvalue weighted by Crippen LogP contribution is 2.41. The van der Waals surface area contributed by atoms with E-state index in [2.05, 4.69) is 0 Å². The van der Waals surface area contributed by atoms with E-state index in [1.54, 1.807) is 24.3 Å². The summed E-state index contributed by atoms with van der Waals surface area (Å²) >= 11 is 0. The summed E-state index contributed by atoms with van der Waals surface area (Å²) in [6, 6.07) is 38.4. The van der Waals surface area contributed by atoms with Gasteiger partial charge in [-0.1, -0.05) is 103 Å². The van der Waals surface area contributed by atoms with Gasteiger partial charge in [-0.05, 0) is 46.5 Å². The molecule has 5 aromatic carbocycles. The predicted octanol–water partition coefficient (Wildman–Crippen LogP) is 8.01. The zero-order valence-corrected chi connectivity index (χ0v) is 21.3. The number of benzene rings is 5. The number of carbonyl (C=O) groups excluding carboxylic acids is 1. The van der Waals surface area contributed by atoms with Crippen molar-refractivity contribution in [1.82, 2.24) is 0 Å². The maximum atomic E-state index is 13.8. The lowest BCUT2D eigenvalue weighted by Gasteiger charge is -2.19. The Morgan fingerprint density at radius 1 is 0.564 bits per heavy atom. The summed E-state index contributed by atoms with van der Waals surface area (Å²) in [7, 11) is 0. The monoisotopic (exact) mass is 518 g/mol. The Balaban J connectivity index is 1.53. The van der Waals surface area contributed by atoms with Gasteiger partial charge in [0.2, 0.25) is 0 Å². The molecule has 5 rings (SSSR count). The summed E-state index contributed by atoms with van der Waals surface area (Å²) in [6.45, 7) is 0.686. The highest BCUT2D eigenvalue weighted by molar-refractivity contribution is 5.93. The summed E-state index contributed by atoms with van der Waals surface area (Å²) in [6.07, 6.45) is 0. The van der Waals surface area contributed by atoms with Gasteiger partial charge in [0.05, 0.1) is 11.1 Å². The summed E-state index contributed by atoms with van der Waals surface area (Å²) in [5, 5.41) is 0. The molecule has 5 heteroatoms. The Labute approximate surface area is 227 Å². The van der Waals surface area contributed by atoms with Crippen LogP contribution in [0.5, 0.6) is 11.5 Å². The highest BCUT2D eigenvalue weighted by Gasteiger charge is 2.20. The molecule has 0 fully saturated rings. The average molecular weight is 519 g/mol. The molecule has 0 aromatic heterocycles. The third-order valence-corrected chi connectivity index (χ3v) is 6.12. The standard InChI is InChI=1S/C34H27FO4/c35-30-18-16-28(17-19-30)33-31(37-22-25-10-4-1-5-11-25)20-29(34(36)39-24-27-14-8-3-9-15-27)21-32(33)38-23-26-12-6-2-7-13-26/h1-21H,22-24H2. The number of hydrogen-bond donors (Lipinski definition) is 0. The van der Waals surface area contributed by atoms with Crippen molar-refractivity contribution in [2.75, 3.05) is 0 Å². The van der Waals surface area contributed by atoms with E-state index in [-0.39, 0.29) is 25.6 Å². The Kier molecular flexibility index (Phi) is 8.29. The van der Waals surface area contributed by atoms with E-state index in [9.17, 15) is 9.18 Å². The number of rotatable bonds is 10. The van der Waals surface area contributed by atoms with Crippen LogP contribution in [-0.4, -0.2) is 5.97 Å². The molecular formula is C34H27FO4. The fourth-order valence-corrected chi connectivity index (χ4v) is 4.11. The van der Waals surface area contributed by atoms with Crippen LogP contribution in [-0.2, 0) is 24.6 Å². The van der Waals surface area contributed by atoms with Crippen molar-refractivity contribution >= 4 is 5.97 Å². The van der Waals surface area contributed by atoms with E-state index < -0.39 is 5.97 Å². The number of ether oxygens (including phenoxy) is 3. The number of carbonyl (C=O) groups is 1. The van der Waals surface area contributed by atoms with Crippen LogP contribution in [0.3, 0.4) is 0 Å². The van der Waals surface area contributed by atoms with Crippen LogP contribution in [0, 0.1) is 5.82 Å². The van der Waals surface area contributed by atoms with E-state index >= 15 is 0 Å². The fraction of sp³-hybridized carbons (Fsp3) is 0.0882. The van der Waals surface area contributed by atoms with Crippen LogP contribution in [0.1, 0.15) is 27.0 Å². The summed E-state index contributed by atoms with van der Waals surface area (Å²) in [5.41, 5.74) is 4.43. The molecule has 0 radical (unpaired) electrons. The average Bonchev–Trinajstić information content (AvgIpc) is 2.99. The minimum atomic E-state index is -0.501. The molecule has 0 unspecified atom stereocenters. The largest absolute Gasteiger partial charge is 0.488 e. The lowest BCUT2D eigenvalue weighted by Crippen LogP contribution is -2.08. The smallest absolute Gasteiger partial charge is 0.338 e. The molecule has 0 aliphatic heterocycles. The van der Waals surface area contributed by atoms with Crippen molar-refractivity contribution in [2.24, 2.45) is 0 Å². The third-order valence-electron chi connectivity index (χ3n) is 6.12. The van der Waals surface area contributed by atoms with Crippen molar-refractivity contribution in [2.45, 2.75) is 19.8 Å². The molecule has 0 saturated heterocycles. The Morgan fingerprint density at radius 3 is 1.46 bits per heavy atom. The summed E-state index contributed by atoms with van der Waals surface area (Å²) in [5.74, 6) is 0.0161. The second kappa shape index (κ2) is 12.6. The molecule has 0 atom stereocenters. The van der Waals surface area contributed by atoms with Crippen LogP contribution in [0.15, 0.2) is 127 Å². The minimum Gasteiger partial charge on any atom is -0.488 e. The second-order valence-electron chi connectivity index (χ2n) is 8.96. The van der Waals surface area contributed by atoms with Gasteiger partial charge in [-0.25, -0.2) is 9.18 Å². The van der Waals surface area contributed by atoms with Crippen molar-refractivity contribution in [1.29, 1.82) is 0 Å². The van der Waals surface area contributed by atoms with Crippen molar-refractivity contribution < 1.29 is 23.4 Å². The topological polar surface area (TPSA) is 44.8 Å². The Bertz CT molecular complexity index is 1440. The summed E-state index contributed by atoms with van der Waals surface area (Å²) < 4.78 is 32.0. The van der Waals surface area contributed by atoms with E-state index in [4.69, 9.17) is 14.2 Å². The first-order valence-electron chi connectivity index (χ1n) is 12.6. The van der Waals surface area contributed by atoms with Gasteiger partial charge in [0.1, 0.15) is 37.1 Å². The van der Waals surface area contributed by atoms with Crippen molar-refractivity contribution in [3.8, 4) is 22.6 Å². The lowest BCUT2D eigenvalue weighted by atomic mass is 10.0. The van der Waals surface area contributed by atoms with Crippen molar-refractivity contribution in [3.05, 3.63) is 155 Å². The molecule has 0 spiro atoms. The van der Waals surface area contributed by atoms with Gasteiger partial charge < -0.3 is 14.2 Å². The van der Waals surface area contributed by atoms with E-state index in [1.807, 2.05) is 91.0 Å². The number of hydrogen-bond acceptors (Lipinski definition) is 4. The molecule has 0 aliphatic rings. The number of halogens is 1. The first-order valence-corrected chi connectivity index (χ1v) is 12.6. The van der Waals surface area contributed by atoms with Crippen LogP contribution < -0.4 is 9.47 Å². The zero-order valence-electron chi connectivity index (χ0n) is 21.3. The van der Waals surface area contributed by atoms with Gasteiger partial charge in [-0.3, -0.25) is 0 Å². The van der Waals surface area contributed by atoms with Crippen LogP contribution in [0.2, 0.25) is 0 Å². The summed E-state index contributed by atoms with van der Waals surface area (Å²) in [4.78, 5) is 13.2. The molecule has 0 saturated carbocycles. The van der Waals surface area contributed by atoms with Crippen molar-refractivity contribution in [3.63, 3.8) is 0 Å². The minimum absolute atomic E-state index is 0.139. The third kappa shape index (κ3) is 6.90. The second-order valence-corrected chi connectivity index (χ2v) is 8.96. The molecule has 39 heavy (non-hydrogen) atoms. The quantitative estimate of drug-likeness (QED) is 0.176. The molecule has 194 valence electrons. The first-order chi connectivity index (χ1) is 19.2. The molecule has 0 aliphatic carbocycles. The van der Waals surface area contributed by atoms with Crippen LogP contribution >= 0.6 is 0 Å². The fourth-order valence-electron chi connectivity index (χ4n) is 4.11. The van der Waals surface area contributed by atoms with Gasteiger partial charge in [-0.15, -0.1) is 0 Å². The van der Waals surface area contributed by atoms with Gasteiger partial charge in [0.25, 0.3) is 0 Å². The van der Waals surface area contributed by atoms with Gasteiger partial charge in [-0.2, -0.15) is 0 Å². The lowest BCUT2D eigenvalue weighted by molar-refractivity contribution is 0.0471. The van der Waals surface area contributed by atoms with Crippen LogP contribution in [0.25, 0.3) is 11.1 Å². The van der Waals surface area contributed by atoms with Gasteiger partial charge in [0, 0.05) is 0 Å². The molecule has 0 amide bonds. The maximum absolute atomic E-state index is 13.8. The highest BCUT2D eigenvalue weighted by atomic mass is 19.1. The Morgan fingerprint density at radius 2 is 1.00 bits per heavy atom. The molecule has 4 nitrogen and oxygen atoms in total. The normalized spacial score (nSPS) is 10.6. The first kappa shape index (κ1) is 25.7.